The number of allylic oxidation sites excluding steroid dienone is 2. The Morgan fingerprint density at radius 2 is 1.91 bits per heavy atom. The van der Waals surface area contributed by atoms with E-state index in [1.54, 1.807) is 0 Å². The second kappa shape index (κ2) is 11.4. The van der Waals surface area contributed by atoms with E-state index < -0.39 is 11.9 Å². The largest absolute Gasteiger partial charge is 0.469 e. The Balaban J connectivity index is 1.73. The molecule has 1 saturated heterocycles. The maximum Gasteiger partial charge on any atom is 0.308 e. The summed E-state index contributed by atoms with van der Waals surface area (Å²) in [6.07, 6.45) is 8.64. The van der Waals surface area contributed by atoms with Crippen molar-refractivity contribution in [2.24, 2.45) is 23.7 Å². The fourth-order valence-electron chi connectivity index (χ4n) is 5.59. The lowest BCUT2D eigenvalue weighted by molar-refractivity contribution is -0.301. The second-order valence-corrected chi connectivity index (χ2v) is 10.6. The van der Waals surface area contributed by atoms with Crippen molar-refractivity contribution in [3.63, 3.8) is 0 Å². The molecule has 0 unspecified atom stereocenters. The fraction of sp³-hybridized carbons (Fsp3) is 0.778. The maximum absolute atomic E-state index is 12.6. The summed E-state index contributed by atoms with van der Waals surface area (Å²) >= 11 is 0. The number of esters is 2. The molecule has 1 fully saturated rings. The number of carbonyl (C=O) groups is 2. The molecule has 3 rings (SSSR count). The average Bonchev–Trinajstić information content (AvgIpc) is 2.76. The third-order valence-electron chi connectivity index (χ3n) is 7.53. The van der Waals surface area contributed by atoms with Crippen LogP contribution in [0.4, 0.5) is 0 Å². The topological polar surface area (TPSA) is 91.3 Å². The number of aliphatic hydroxyl groups excluding tert-OH is 1. The molecule has 0 radical (unpaired) electrons. The number of ether oxygens (including phenoxy) is 4. The van der Waals surface area contributed by atoms with Gasteiger partial charge in [-0.25, -0.2) is 0 Å². The highest BCUT2D eigenvalue weighted by molar-refractivity contribution is 5.72. The Labute approximate surface area is 203 Å². The summed E-state index contributed by atoms with van der Waals surface area (Å²) in [4.78, 5) is 24.4. The van der Waals surface area contributed by atoms with E-state index in [1.165, 1.54) is 7.11 Å². The van der Waals surface area contributed by atoms with Crippen LogP contribution >= 0.6 is 0 Å². The van der Waals surface area contributed by atoms with Crippen LogP contribution < -0.4 is 0 Å². The summed E-state index contributed by atoms with van der Waals surface area (Å²) in [5.41, 5.74) is 1.06. The van der Waals surface area contributed by atoms with Gasteiger partial charge in [0.1, 0.15) is 6.10 Å². The molecule has 7 heteroatoms. The standard InChI is InChI=1S/C27H42O7/c1-7-16(2)26(30)32-23-13-19(28)12-18-9-8-17(3)22(25(18)23)11-10-20-14-21(15-24(29)31-6)34-27(4,5)33-20/h8-9,12,16-17,19-23,25,28H,7,10-11,13-15H2,1-6H3/t16-,17-,19+,20+,21+,22-,23-,25-/m0/s1. The molecule has 1 aliphatic heterocycles. The Kier molecular flexibility index (Phi) is 8.98. The minimum Gasteiger partial charge on any atom is -0.469 e. The number of carbonyl (C=O) groups excluding carboxylic acids is 2. The fourth-order valence-corrected chi connectivity index (χ4v) is 5.59. The van der Waals surface area contributed by atoms with Gasteiger partial charge in [-0.1, -0.05) is 39.0 Å². The first-order valence-corrected chi connectivity index (χ1v) is 12.7. The first-order chi connectivity index (χ1) is 16.0. The zero-order valence-corrected chi connectivity index (χ0v) is 21.5. The number of fused-ring (bicyclic) bond motifs is 1. The molecule has 0 aromatic carbocycles. The van der Waals surface area contributed by atoms with Crippen LogP contribution in [0.2, 0.25) is 0 Å². The summed E-state index contributed by atoms with van der Waals surface area (Å²) in [6.45, 7) is 9.82. The van der Waals surface area contributed by atoms with E-state index in [0.29, 0.717) is 18.8 Å². The lowest BCUT2D eigenvalue weighted by atomic mass is 9.66. The molecular weight excluding hydrogens is 436 g/mol. The molecule has 7 nitrogen and oxygen atoms in total. The summed E-state index contributed by atoms with van der Waals surface area (Å²) in [7, 11) is 1.39. The third kappa shape index (κ3) is 6.70. The van der Waals surface area contributed by atoms with E-state index >= 15 is 0 Å². The van der Waals surface area contributed by atoms with E-state index in [0.717, 1.165) is 24.8 Å². The van der Waals surface area contributed by atoms with Crippen LogP contribution in [0, 0.1) is 23.7 Å². The zero-order valence-electron chi connectivity index (χ0n) is 21.5. The van der Waals surface area contributed by atoms with Crippen molar-refractivity contribution < 1.29 is 33.6 Å². The first-order valence-electron chi connectivity index (χ1n) is 12.7. The van der Waals surface area contributed by atoms with Gasteiger partial charge in [0, 0.05) is 18.8 Å². The SMILES string of the molecule is CC[C@H](C)C(=O)O[C@H]1C[C@H](O)C=C2C=C[C@H](C)[C@H](CC[C@@H]3C[C@H](CC(=O)OC)OC(C)(C)O3)[C@H]21. The van der Waals surface area contributed by atoms with E-state index in [1.807, 2.05) is 33.8 Å². The quantitative estimate of drug-likeness (QED) is 0.519. The van der Waals surface area contributed by atoms with E-state index in [2.05, 4.69) is 19.1 Å². The van der Waals surface area contributed by atoms with Crippen molar-refractivity contribution in [1.82, 2.24) is 0 Å². The van der Waals surface area contributed by atoms with Gasteiger partial charge in [0.2, 0.25) is 0 Å². The Morgan fingerprint density at radius 1 is 1.21 bits per heavy atom. The van der Waals surface area contributed by atoms with Gasteiger partial charge >= 0.3 is 11.9 Å². The molecule has 1 heterocycles. The number of hydrogen-bond acceptors (Lipinski definition) is 7. The predicted molar refractivity (Wildman–Crippen MR) is 128 cm³/mol. The number of hydrogen-bond donors (Lipinski definition) is 1. The van der Waals surface area contributed by atoms with Gasteiger partial charge in [0.15, 0.2) is 5.79 Å². The summed E-state index contributed by atoms with van der Waals surface area (Å²) in [5, 5.41) is 10.4. The minimum atomic E-state index is -0.770. The van der Waals surface area contributed by atoms with E-state index in [9.17, 15) is 14.7 Å². The van der Waals surface area contributed by atoms with Gasteiger partial charge in [0.25, 0.3) is 0 Å². The molecule has 8 atom stereocenters. The molecule has 0 saturated carbocycles. The molecule has 1 N–H and O–H groups in total. The molecule has 0 aromatic rings. The Morgan fingerprint density at radius 3 is 2.59 bits per heavy atom. The van der Waals surface area contributed by atoms with E-state index in [4.69, 9.17) is 18.9 Å². The lowest BCUT2D eigenvalue weighted by Gasteiger charge is -2.44. The van der Waals surface area contributed by atoms with Crippen molar-refractivity contribution in [1.29, 1.82) is 0 Å². The van der Waals surface area contributed by atoms with Crippen LogP contribution in [0.25, 0.3) is 0 Å². The number of rotatable bonds is 8. The molecule has 3 aliphatic rings. The van der Waals surface area contributed by atoms with Gasteiger partial charge in [-0.15, -0.1) is 0 Å². The maximum atomic E-state index is 12.6. The first kappa shape index (κ1) is 26.9. The van der Waals surface area contributed by atoms with Crippen molar-refractivity contribution in [2.45, 2.75) is 103 Å². The van der Waals surface area contributed by atoms with E-state index in [-0.39, 0.29) is 54.4 Å². The number of aliphatic hydroxyl groups is 1. The smallest absolute Gasteiger partial charge is 0.308 e. The molecule has 192 valence electrons. The summed E-state index contributed by atoms with van der Waals surface area (Å²) < 4.78 is 23.0. The molecule has 0 spiro atoms. The Hall–Kier alpha value is -1.70. The minimum absolute atomic E-state index is 0.0424. The summed E-state index contributed by atoms with van der Waals surface area (Å²) in [5.74, 6) is -0.793. The molecule has 0 bridgehead atoms. The van der Waals surface area contributed by atoms with Gasteiger partial charge in [-0.05, 0) is 50.5 Å². The van der Waals surface area contributed by atoms with Crippen LogP contribution in [0.1, 0.15) is 73.1 Å². The highest BCUT2D eigenvalue weighted by Gasteiger charge is 2.43. The predicted octanol–water partition coefficient (Wildman–Crippen LogP) is 4.33. The van der Waals surface area contributed by atoms with Gasteiger partial charge in [-0.3, -0.25) is 9.59 Å². The zero-order chi connectivity index (χ0) is 25.0. The van der Waals surface area contributed by atoms with Crippen molar-refractivity contribution >= 4 is 11.9 Å². The monoisotopic (exact) mass is 478 g/mol. The van der Waals surface area contributed by atoms with Crippen LogP contribution in [0.3, 0.4) is 0 Å². The van der Waals surface area contributed by atoms with Crippen molar-refractivity contribution in [3.8, 4) is 0 Å². The molecule has 2 aliphatic carbocycles. The van der Waals surface area contributed by atoms with Gasteiger partial charge < -0.3 is 24.1 Å². The number of methoxy groups -OCH3 is 1. The highest BCUT2D eigenvalue weighted by atomic mass is 16.7. The van der Waals surface area contributed by atoms with Crippen LogP contribution in [-0.4, -0.2) is 54.4 Å². The van der Waals surface area contributed by atoms with Crippen LogP contribution in [0.15, 0.2) is 23.8 Å². The highest BCUT2D eigenvalue weighted by Crippen LogP contribution is 2.44. The van der Waals surface area contributed by atoms with Gasteiger partial charge in [-0.2, -0.15) is 0 Å². The second-order valence-electron chi connectivity index (χ2n) is 10.6. The molecular formula is C27H42O7. The molecule has 34 heavy (non-hydrogen) atoms. The molecule has 0 aromatic heterocycles. The third-order valence-corrected chi connectivity index (χ3v) is 7.53. The van der Waals surface area contributed by atoms with Crippen LogP contribution in [-0.2, 0) is 28.5 Å². The van der Waals surface area contributed by atoms with Crippen molar-refractivity contribution in [3.05, 3.63) is 23.8 Å². The lowest BCUT2D eigenvalue weighted by Crippen LogP contribution is -2.46. The summed E-state index contributed by atoms with van der Waals surface area (Å²) in [6, 6.07) is 0. The van der Waals surface area contributed by atoms with Gasteiger partial charge in [0.05, 0.1) is 37.8 Å². The van der Waals surface area contributed by atoms with Crippen molar-refractivity contribution in [2.75, 3.05) is 7.11 Å². The average molecular weight is 479 g/mol. The normalized spacial score (nSPS) is 35.6. The molecule has 0 amide bonds. The Bertz CT molecular complexity index is 786. The van der Waals surface area contributed by atoms with Crippen LogP contribution in [0.5, 0.6) is 0 Å².